The largest absolute Gasteiger partial charge is 0.319 e. The zero-order valence-electron chi connectivity index (χ0n) is 14.0. The molecule has 0 aliphatic heterocycles. The molecule has 0 aliphatic carbocycles. The third-order valence-corrected chi connectivity index (χ3v) is 3.64. The fourth-order valence-corrected chi connectivity index (χ4v) is 2.27. The Balaban J connectivity index is 2.39. The maximum atomic E-state index is 12.1. The molecule has 0 radical (unpaired) electrons. The van der Waals surface area contributed by atoms with Gasteiger partial charge in [0.1, 0.15) is 5.82 Å². The fraction of sp³-hybridized carbons (Fsp3) is 0.412. The van der Waals surface area contributed by atoms with E-state index in [9.17, 15) is 4.79 Å². The molecule has 1 aromatic carbocycles. The van der Waals surface area contributed by atoms with Crippen LogP contribution in [0.1, 0.15) is 32.9 Å². The smallest absolute Gasteiger partial charge is 0.226 e. The summed E-state index contributed by atoms with van der Waals surface area (Å²) in [6, 6.07) is 9.32. The lowest BCUT2D eigenvalue weighted by molar-refractivity contribution is -0.116. The van der Waals surface area contributed by atoms with Gasteiger partial charge >= 0.3 is 0 Å². The van der Waals surface area contributed by atoms with E-state index < -0.39 is 0 Å². The molecule has 2 N–H and O–H groups in total. The first-order valence-electron chi connectivity index (χ1n) is 7.62. The number of rotatable bonds is 5. The summed E-state index contributed by atoms with van der Waals surface area (Å²) in [5, 5.41) is 11.2. The Bertz CT molecular complexity index is 688. The highest BCUT2D eigenvalue weighted by molar-refractivity contribution is 6.30. The van der Waals surface area contributed by atoms with E-state index in [1.165, 1.54) is 0 Å². The lowest BCUT2D eigenvalue weighted by Gasteiger charge is -2.14. The van der Waals surface area contributed by atoms with Crippen LogP contribution in [-0.4, -0.2) is 29.3 Å². The van der Waals surface area contributed by atoms with Crippen LogP contribution in [0.25, 0.3) is 5.69 Å². The molecule has 0 aliphatic rings. The van der Waals surface area contributed by atoms with Gasteiger partial charge in [0.15, 0.2) is 0 Å². The Labute approximate surface area is 142 Å². The number of hydrogen-bond acceptors (Lipinski definition) is 3. The van der Waals surface area contributed by atoms with Crippen LogP contribution in [0, 0.1) is 0 Å². The molecule has 0 bridgehead atoms. The third kappa shape index (κ3) is 4.56. The first-order chi connectivity index (χ1) is 10.8. The quantitative estimate of drug-likeness (QED) is 0.881. The molecule has 0 saturated carbocycles. The Morgan fingerprint density at radius 1 is 1.30 bits per heavy atom. The van der Waals surface area contributed by atoms with Crippen LogP contribution in [-0.2, 0) is 10.2 Å². The predicted octanol–water partition coefficient (Wildman–Crippen LogP) is 3.37. The Kier molecular flexibility index (Phi) is 5.44. The highest BCUT2D eigenvalue weighted by Crippen LogP contribution is 2.27. The van der Waals surface area contributed by atoms with Gasteiger partial charge in [-0.2, -0.15) is 5.10 Å². The summed E-state index contributed by atoms with van der Waals surface area (Å²) < 4.78 is 1.73. The van der Waals surface area contributed by atoms with Crippen molar-refractivity contribution in [2.75, 3.05) is 18.9 Å². The first-order valence-corrected chi connectivity index (χ1v) is 8.00. The van der Waals surface area contributed by atoms with Gasteiger partial charge in [0.05, 0.1) is 11.4 Å². The molecule has 0 spiro atoms. The van der Waals surface area contributed by atoms with Gasteiger partial charge in [-0.1, -0.05) is 38.4 Å². The zero-order chi connectivity index (χ0) is 17.0. The first kappa shape index (κ1) is 17.5. The summed E-state index contributed by atoms with van der Waals surface area (Å²) in [5.74, 6) is 0.598. The molecule has 1 heterocycles. The van der Waals surface area contributed by atoms with Crippen LogP contribution in [0.2, 0.25) is 5.02 Å². The number of halogens is 1. The van der Waals surface area contributed by atoms with Gasteiger partial charge in [-0.05, 0) is 25.2 Å². The molecular weight excluding hydrogens is 312 g/mol. The topological polar surface area (TPSA) is 59.0 Å². The molecule has 0 atom stereocenters. The summed E-state index contributed by atoms with van der Waals surface area (Å²) in [4.78, 5) is 12.1. The van der Waals surface area contributed by atoms with Gasteiger partial charge in [0.2, 0.25) is 5.91 Å². The van der Waals surface area contributed by atoms with E-state index in [1.54, 1.807) is 4.68 Å². The number of carbonyl (C=O) groups is 1. The molecule has 5 nitrogen and oxygen atoms in total. The van der Waals surface area contributed by atoms with Crippen LogP contribution in [0.5, 0.6) is 0 Å². The van der Waals surface area contributed by atoms with Crippen molar-refractivity contribution in [3.05, 3.63) is 41.0 Å². The van der Waals surface area contributed by atoms with Gasteiger partial charge in [-0.15, -0.1) is 0 Å². The van der Waals surface area contributed by atoms with E-state index >= 15 is 0 Å². The SMILES string of the molecule is CNCCC(=O)Nc1cc(C(C)(C)C)nn1-c1cccc(Cl)c1. The number of amides is 1. The second-order valence-corrected chi connectivity index (χ2v) is 6.89. The van der Waals surface area contributed by atoms with Crippen molar-refractivity contribution in [3.63, 3.8) is 0 Å². The minimum atomic E-state index is -0.117. The molecule has 0 unspecified atom stereocenters. The average Bonchev–Trinajstić information content (AvgIpc) is 2.89. The number of nitrogens with zero attached hydrogens (tertiary/aromatic N) is 2. The standard InChI is InChI=1S/C17H23ClN4O/c1-17(2,3)14-11-15(20-16(23)8-9-19-4)22(21-14)13-7-5-6-12(18)10-13/h5-7,10-11,19H,8-9H2,1-4H3,(H,20,23). The molecule has 1 aromatic heterocycles. The van der Waals surface area contributed by atoms with Crippen LogP contribution in [0.4, 0.5) is 5.82 Å². The van der Waals surface area contributed by atoms with Gasteiger partial charge in [0, 0.05) is 29.5 Å². The maximum absolute atomic E-state index is 12.1. The van der Waals surface area contributed by atoms with Gasteiger partial charge in [-0.25, -0.2) is 4.68 Å². The molecule has 124 valence electrons. The number of carbonyl (C=O) groups excluding carboxylic acids is 1. The van der Waals surface area contributed by atoms with Crippen LogP contribution < -0.4 is 10.6 Å². The summed E-state index contributed by atoms with van der Waals surface area (Å²) in [6.45, 7) is 6.89. The molecule has 0 fully saturated rings. The predicted molar refractivity (Wildman–Crippen MR) is 94.4 cm³/mol. The summed E-state index contributed by atoms with van der Waals surface area (Å²) in [6.07, 6.45) is 0.405. The molecule has 6 heteroatoms. The second-order valence-electron chi connectivity index (χ2n) is 6.46. The van der Waals surface area contributed by atoms with Crippen molar-refractivity contribution in [1.82, 2.24) is 15.1 Å². The minimum absolute atomic E-state index is 0.0528. The molecule has 23 heavy (non-hydrogen) atoms. The van der Waals surface area contributed by atoms with E-state index in [4.69, 9.17) is 11.6 Å². The monoisotopic (exact) mass is 334 g/mol. The number of benzene rings is 1. The molecular formula is C17H23ClN4O. The Hall–Kier alpha value is -1.85. The fourth-order valence-electron chi connectivity index (χ4n) is 2.09. The lowest BCUT2D eigenvalue weighted by Crippen LogP contribution is -2.20. The van der Waals surface area contributed by atoms with Gasteiger partial charge < -0.3 is 10.6 Å². The highest BCUT2D eigenvalue weighted by atomic mass is 35.5. The van der Waals surface area contributed by atoms with E-state index in [1.807, 2.05) is 37.4 Å². The second kappa shape index (κ2) is 7.15. The Morgan fingerprint density at radius 2 is 2.04 bits per heavy atom. The van der Waals surface area contributed by atoms with Crippen molar-refractivity contribution in [1.29, 1.82) is 0 Å². The van der Waals surface area contributed by atoms with Gasteiger partial charge in [0.25, 0.3) is 0 Å². The lowest BCUT2D eigenvalue weighted by atomic mass is 9.92. The molecule has 0 saturated heterocycles. The number of aromatic nitrogens is 2. The highest BCUT2D eigenvalue weighted by Gasteiger charge is 2.21. The Morgan fingerprint density at radius 3 is 2.65 bits per heavy atom. The van der Waals surface area contributed by atoms with Crippen LogP contribution >= 0.6 is 11.6 Å². The van der Waals surface area contributed by atoms with E-state index in [0.29, 0.717) is 23.8 Å². The summed E-state index contributed by atoms with van der Waals surface area (Å²) >= 11 is 6.08. The van der Waals surface area contributed by atoms with Crippen molar-refractivity contribution < 1.29 is 4.79 Å². The van der Waals surface area contributed by atoms with Crippen LogP contribution in [0.15, 0.2) is 30.3 Å². The maximum Gasteiger partial charge on any atom is 0.226 e. The molecule has 1 amide bonds. The van der Waals surface area contributed by atoms with Crippen molar-refractivity contribution in [3.8, 4) is 5.69 Å². The van der Waals surface area contributed by atoms with Crippen molar-refractivity contribution >= 4 is 23.3 Å². The summed E-state index contributed by atoms with van der Waals surface area (Å²) in [5.41, 5.74) is 1.60. The van der Waals surface area contributed by atoms with E-state index in [2.05, 4.69) is 36.5 Å². The molecule has 2 aromatic rings. The normalized spacial score (nSPS) is 11.5. The average molecular weight is 335 g/mol. The van der Waals surface area contributed by atoms with Gasteiger partial charge in [-0.3, -0.25) is 4.79 Å². The number of hydrogen-bond donors (Lipinski definition) is 2. The van der Waals surface area contributed by atoms with Crippen LogP contribution in [0.3, 0.4) is 0 Å². The van der Waals surface area contributed by atoms with E-state index in [-0.39, 0.29) is 11.3 Å². The zero-order valence-corrected chi connectivity index (χ0v) is 14.7. The van der Waals surface area contributed by atoms with Crippen molar-refractivity contribution in [2.45, 2.75) is 32.6 Å². The number of anilines is 1. The summed E-state index contributed by atoms with van der Waals surface area (Å²) in [7, 11) is 1.82. The molecule has 2 rings (SSSR count). The number of nitrogens with one attached hydrogen (secondary N) is 2. The van der Waals surface area contributed by atoms with Crippen molar-refractivity contribution in [2.24, 2.45) is 0 Å². The third-order valence-electron chi connectivity index (χ3n) is 3.40. The van der Waals surface area contributed by atoms with E-state index in [0.717, 1.165) is 11.4 Å². The minimum Gasteiger partial charge on any atom is -0.319 e.